The van der Waals surface area contributed by atoms with Crippen LogP contribution in [0.4, 0.5) is 5.69 Å². The molecule has 8 heteroatoms. The van der Waals surface area contributed by atoms with E-state index in [-0.39, 0.29) is 11.6 Å². The summed E-state index contributed by atoms with van der Waals surface area (Å²) in [4.78, 5) is 26.6. The first-order valence-corrected chi connectivity index (χ1v) is 7.71. The highest BCUT2D eigenvalue weighted by Crippen LogP contribution is 2.15. The molecule has 0 N–H and O–H groups in total. The van der Waals surface area contributed by atoms with E-state index < -0.39 is 4.92 Å². The Kier molecular flexibility index (Phi) is 4.57. The van der Waals surface area contributed by atoms with Gasteiger partial charge < -0.3 is 9.42 Å². The number of piperazine rings is 1. The van der Waals surface area contributed by atoms with Crippen LogP contribution in [0.3, 0.4) is 0 Å². The van der Waals surface area contributed by atoms with Crippen LogP contribution in [0.1, 0.15) is 21.8 Å². The van der Waals surface area contributed by atoms with Crippen LogP contribution in [0.25, 0.3) is 0 Å². The maximum Gasteiger partial charge on any atom is 0.269 e. The van der Waals surface area contributed by atoms with Crippen molar-refractivity contribution in [3.05, 3.63) is 57.5 Å². The van der Waals surface area contributed by atoms with Gasteiger partial charge in [0, 0.05) is 49.9 Å². The monoisotopic (exact) mass is 330 g/mol. The Morgan fingerprint density at radius 1 is 1.25 bits per heavy atom. The third-order valence-electron chi connectivity index (χ3n) is 4.04. The number of aromatic nitrogens is 1. The summed E-state index contributed by atoms with van der Waals surface area (Å²) in [6.45, 7) is 5.29. The second-order valence-corrected chi connectivity index (χ2v) is 5.81. The number of nitro groups is 1. The molecule has 3 rings (SSSR count). The van der Waals surface area contributed by atoms with Crippen LogP contribution in [-0.4, -0.2) is 52.0 Å². The van der Waals surface area contributed by atoms with Crippen molar-refractivity contribution in [3.8, 4) is 0 Å². The fourth-order valence-electron chi connectivity index (χ4n) is 2.73. The molecule has 2 aromatic rings. The summed E-state index contributed by atoms with van der Waals surface area (Å²) in [5, 5.41) is 14.5. The maximum atomic E-state index is 12.5. The zero-order chi connectivity index (χ0) is 17.1. The van der Waals surface area contributed by atoms with E-state index in [1.807, 2.05) is 13.0 Å². The number of nitro benzene ring substituents is 1. The van der Waals surface area contributed by atoms with Crippen molar-refractivity contribution in [1.82, 2.24) is 15.0 Å². The van der Waals surface area contributed by atoms with Crippen molar-refractivity contribution in [2.45, 2.75) is 13.5 Å². The van der Waals surface area contributed by atoms with E-state index in [0.717, 1.165) is 24.5 Å². The molecule has 0 bridgehead atoms. The number of aryl methyl sites for hydroxylation is 1. The number of carbonyl (C=O) groups excluding carboxylic acids is 1. The van der Waals surface area contributed by atoms with Gasteiger partial charge in [0.25, 0.3) is 11.6 Å². The number of hydrogen-bond donors (Lipinski definition) is 0. The summed E-state index contributed by atoms with van der Waals surface area (Å²) in [6, 6.07) is 7.63. The van der Waals surface area contributed by atoms with Gasteiger partial charge in [-0.15, -0.1) is 0 Å². The molecule has 126 valence electrons. The smallest absolute Gasteiger partial charge is 0.269 e. The summed E-state index contributed by atoms with van der Waals surface area (Å²) in [6.07, 6.45) is 0. The molecule has 0 spiro atoms. The van der Waals surface area contributed by atoms with Gasteiger partial charge >= 0.3 is 0 Å². The fraction of sp³-hybridized carbons (Fsp3) is 0.375. The lowest BCUT2D eigenvalue weighted by molar-refractivity contribution is -0.384. The number of rotatable bonds is 4. The Balaban J connectivity index is 1.55. The second-order valence-electron chi connectivity index (χ2n) is 5.81. The van der Waals surface area contributed by atoms with Gasteiger partial charge in [-0.25, -0.2) is 0 Å². The molecule has 1 fully saturated rings. The number of carbonyl (C=O) groups is 1. The van der Waals surface area contributed by atoms with Crippen molar-refractivity contribution in [1.29, 1.82) is 0 Å². The molecule has 1 aromatic heterocycles. The highest BCUT2D eigenvalue weighted by atomic mass is 16.6. The third-order valence-corrected chi connectivity index (χ3v) is 4.04. The maximum absolute atomic E-state index is 12.5. The standard InChI is InChI=1S/C16H18N4O4/c1-12-10-15(24-17-12)11-18-6-8-19(9-7-18)16(21)13-2-4-14(5-3-13)20(22)23/h2-5,10H,6-9,11H2,1H3. The number of benzene rings is 1. The molecule has 2 heterocycles. The number of hydrogen-bond acceptors (Lipinski definition) is 6. The zero-order valence-electron chi connectivity index (χ0n) is 13.3. The van der Waals surface area contributed by atoms with Gasteiger partial charge in [0.05, 0.1) is 17.2 Å². The first-order chi connectivity index (χ1) is 11.5. The lowest BCUT2D eigenvalue weighted by Gasteiger charge is -2.34. The van der Waals surface area contributed by atoms with Crippen molar-refractivity contribution < 1.29 is 14.2 Å². The lowest BCUT2D eigenvalue weighted by Crippen LogP contribution is -2.48. The van der Waals surface area contributed by atoms with Gasteiger partial charge in [-0.1, -0.05) is 5.16 Å². The van der Waals surface area contributed by atoms with E-state index in [1.54, 1.807) is 4.90 Å². The molecule has 1 aliphatic heterocycles. The molecule has 24 heavy (non-hydrogen) atoms. The van der Waals surface area contributed by atoms with E-state index >= 15 is 0 Å². The Hall–Kier alpha value is -2.74. The highest BCUT2D eigenvalue weighted by Gasteiger charge is 2.23. The summed E-state index contributed by atoms with van der Waals surface area (Å²) < 4.78 is 5.21. The second kappa shape index (κ2) is 6.79. The van der Waals surface area contributed by atoms with Crippen LogP contribution in [-0.2, 0) is 6.54 Å². The van der Waals surface area contributed by atoms with Gasteiger partial charge in [-0.2, -0.15) is 0 Å². The predicted octanol–water partition coefficient (Wildman–Crippen LogP) is 1.85. The first kappa shape index (κ1) is 16.1. The molecule has 1 aliphatic rings. The normalized spacial score (nSPS) is 15.5. The van der Waals surface area contributed by atoms with Crippen LogP contribution < -0.4 is 0 Å². The summed E-state index contributed by atoms with van der Waals surface area (Å²) >= 11 is 0. The van der Waals surface area contributed by atoms with Crippen molar-refractivity contribution in [2.24, 2.45) is 0 Å². The quantitative estimate of drug-likeness (QED) is 0.627. The van der Waals surface area contributed by atoms with Crippen LogP contribution in [0.2, 0.25) is 0 Å². The molecule has 0 radical (unpaired) electrons. The summed E-state index contributed by atoms with van der Waals surface area (Å²) in [5.74, 6) is 0.725. The van der Waals surface area contributed by atoms with E-state index in [4.69, 9.17) is 4.52 Å². The number of non-ortho nitro benzene ring substituents is 1. The summed E-state index contributed by atoms with van der Waals surface area (Å²) in [7, 11) is 0. The van der Waals surface area contributed by atoms with E-state index in [0.29, 0.717) is 25.2 Å². The highest BCUT2D eigenvalue weighted by molar-refractivity contribution is 5.94. The van der Waals surface area contributed by atoms with Crippen LogP contribution >= 0.6 is 0 Å². The van der Waals surface area contributed by atoms with Crippen LogP contribution in [0, 0.1) is 17.0 Å². The van der Waals surface area contributed by atoms with Gasteiger partial charge in [-0.05, 0) is 19.1 Å². The van der Waals surface area contributed by atoms with Crippen molar-refractivity contribution in [3.63, 3.8) is 0 Å². The lowest BCUT2D eigenvalue weighted by atomic mass is 10.1. The van der Waals surface area contributed by atoms with Gasteiger partial charge in [-0.3, -0.25) is 19.8 Å². The van der Waals surface area contributed by atoms with Gasteiger partial charge in [0.1, 0.15) is 0 Å². The van der Waals surface area contributed by atoms with Gasteiger partial charge in [0.2, 0.25) is 0 Å². The number of amides is 1. The Morgan fingerprint density at radius 3 is 2.46 bits per heavy atom. The molecule has 0 atom stereocenters. The molecule has 0 unspecified atom stereocenters. The molecule has 0 saturated carbocycles. The van der Waals surface area contributed by atoms with E-state index in [2.05, 4.69) is 10.1 Å². The number of nitrogens with zero attached hydrogens (tertiary/aromatic N) is 4. The van der Waals surface area contributed by atoms with E-state index in [9.17, 15) is 14.9 Å². The molecule has 8 nitrogen and oxygen atoms in total. The molecular formula is C16H18N4O4. The molecule has 1 saturated heterocycles. The van der Waals surface area contributed by atoms with Crippen molar-refractivity contribution in [2.75, 3.05) is 26.2 Å². The Bertz CT molecular complexity index is 733. The fourth-order valence-corrected chi connectivity index (χ4v) is 2.73. The predicted molar refractivity (Wildman–Crippen MR) is 85.5 cm³/mol. The summed E-state index contributed by atoms with van der Waals surface area (Å²) in [5.41, 5.74) is 1.32. The SMILES string of the molecule is Cc1cc(CN2CCN(C(=O)c3ccc([N+](=O)[O-])cc3)CC2)on1. The van der Waals surface area contributed by atoms with Crippen LogP contribution in [0.5, 0.6) is 0 Å². The molecule has 0 aliphatic carbocycles. The Morgan fingerprint density at radius 2 is 1.92 bits per heavy atom. The Labute approximate surface area is 138 Å². The topological polar surface area (TPSA) is 92.7 Å². The first-order valence-electron chi connectivity index (χ1n) is 7.71. The average Bonchev–Trinajstić information content (AvgIpc) is 3.00. The van der Waals surface area contributed by atoms with Crippen LogP contribution in [0.15, 0.2) is 34.9 Å². The molecule has 1 aromatic carbocycles. The van der Waals surface area contributed by atoms with Gasteiger partial charge in [0.15, 0.2) is 5.76 Å². The zero-order valence-corrected chi connectivity index (χ0v) is 13.3. The molecular weight excluding hydrogens is 312 g/mol. The minimum atomic E-state index is -0.474. The minimum absolute atomic E-state index is 0.0151. The third kappa shape index (κ3) is 3.60. The van der Waals surface area contributed by atoms with E-state index in [1.165, 1.54) is 24.3 Å². The molecule has 1 amide bonds. The van der Waals surface area contributed by atoms with Crippen molar-refractivity contribution >= 4 is 11.6 Å². The minimum Gasteiger partial charge on any atom is -0.360 e. The largest absolute Gasteiger partial charge is 0.360 e. The average molecular weight is 330 g/mol.